The molecule has 7 nitrogen and oxygen atoms in total. The Labute approximate surface area is 112 Å². The Balaban J connectivity index is 2.70. The molecule has 8 heteroatoms. The minimum atomic E-state index is -3.67. The highest BCUT2D eigenvalue weighted by Gasteiger charge is 2.57. The highest BCUT2D eigenvalue weighted by Crippen LogP contribution is 2.48. The highest BCUT2D eigenvalue weighted by molar-refractivity contribution is 7.90. The lowest BCUT2D eigenvalue weighted by molar-refractivity contribution is -0.143. The Bertz CT molecular complexity index is 454. The number of sulfonamides is 1. The molecule has 0 aromatic rings. The summed E-state index contributed by atoms with van der Waals surface area (Å²) in [5.41, 5.74) is 0. The number of ether oxygens (including phenoxy) is 1. The number of rotatable bonds is 8. The summed E-state index contributed by atoms with van der Waals surface area (Å²) >= 11 is 0. The number of carboxylic acids is 1. The second-order valence-electron chi connectivity index (χ2n) is 4.64. The molecule has 0 unspecified atom stereocenters. The van der Waals surface area contributed by atoms with Crippen LogP contribution in [0.3, 0.4) is 0 Å². The van der Waals surface area contributed by atoms with Gasteiger partial charge in [-0.15, -0.1) is 0 Å². The van der Waals surface area contributed by atoms with Crippen LogP contribution in [0.4, 0.5) is 0 Å². The van der Waals surface area contributed by atoms with Gasteiger partial charge in [-0.3, -0.25) is 9.59 Å². The van der Waals surface area contributed by atoms with Crippen molar-refractivity contribution in [3.05, 3.63) is 0 Å². The third-order valence-electron chi connectivity index (χ3n) is 3.18. The molecule has 1 aliphatic carbocycles. The summed E-state index contributed by atoms with van der Waals surface area (Å²) in [6.07, 6.45) is 0.392. The Morgan fingerprint density at radius 3 is 2.37 bits per heavy atom. The average molecular weight is 293 g/mol. The van der Waals surface area contributed by atoms with Gasteiger partial charge < -0.3 is 9.84 Å². The van der Waals surface area contributed by atoms with E-state index in [1.54, 1.807) is 6.92 Å². The summed E-state index contributed by atoms with van der Waals surface area (Å²) in [6.45, 7) is 1.77. The first-order chi connectivity index (χ1) is 8.75. The first-order valence-corrected chi connectivity index (χ1v) is 7.52. The fourth-order valence-electron chi connectivity index (χ4n) is 1.84. The molecule has 0 aliphatic heterocycles. The van der Waals surface area contributed by atoms with Crippen molar-refractivity contribution in [3.63, 3.8) is 0 Å². The number of hydrogen-bond donors (Lipinski definition) is 1. The molecule has 0 radical (unpaired) electrons. The molecule has 0 aromatic heterocycles. The molecule has 0 heterocycles. The minimum Gasteiger partial charge on any atom is -0.481 e. The van der Waals surface area contributed by atoms with Gasteiger partial charge >= 0.3 is 11.9 Å². The van der Waals surface area contributed by atoms with Gasteiger partial charge in [0.2, 0.25) is 10.0 Å². The van der Waals surface area contributed by atoms with E-state index < -0.39 is 26.7 Å². The molecular weight excluding hydrogens is 274 g/mol. The van der Waals surface area contributed by atoms with Gasteiger partial charge in [-0.1, -0.05) is 0 Å². The van der Waals surface area contributed by atoms with Crippen LogP contribution in [-0.2, 0) is 24.3 Å². The number of carbonyl (C=O) groups excluding carboxylic acids is 1. The van der Waals surface area contributed by atoms with Crippen molar-refractivity contribution in [1.29, 1.82) is 0 Å². The number of esters is 1. The molecule has 0 spiro atoms. The third-order valence-corrected chi connectivity index (χ3v) is 5.83. The van der Waals surface area contributed by atoms with Gasteiger partial charge in [-0.05, 0) is 19.8 Å². The van der Waals surface area contributed by atoms with E-state index in [0.717, 1.165) is 4.31 Å². The van der Waals surface area contributed by atoms with E-state index in [1.165, 1.54) is 7.05 Å². The van der Waals surface area contributed by atoms with Gasteiger partial charge in [0.05, 0.1) is 24.2 Å². The molecule has 0 bridgehead atoms. The number of carbonyl (C=O) groups is 2. The van der Waals surface area contributed by atoms with Crippen LogP contribution in [0.2, 0.25) is 0 Å². The van der Waals surface area contributed by atoms with Crippen LogP contribution in [0.1, 0.15) is 32.6 Å². The van der Waals surface area contributed by atoms with E-state index in [4.69, 9.17) is 9.84 Å². The van der Waals surface area contributed by atoms with Crippen molar-refractivity contribution in [1.82, 2.24) is 4.31 Å². The molecule has 1 saturated carbocycles. The molecule has 19 heavy (non-hydrogen) atoms. The lowest BCUT2D eigenvalue weighted by Crippen LogP contribution is -2.40. The zero-order valence-electron chi connectivity index (χ0n) is 11.1. The van der Waals surface area contributed by atoms with Crippen LogP contribution < -0.4 is 0 Å². The molecule has 1 fully saturated rings. The van der Waals surface area contributed by atoms with Crippen molar-refractivity contribution in [3.8, 4) is 0 Å². The van der Waals surface area contributed by atoms with Crippen molar-refractivity contribution in [2.24, 2.45) is 0 Å². The number of aliphatic carboxylic acids is 1. The maximum atomic E-state index is 12.3. The number of nitrogens with zero attached hydrogens (tertiary/aromatic N) is 1. The second-order valence-corrected chi connectivity index (χ2v) is 7.07. The van der Waals surface area contributed by atoms with Crippen LogP contribution in [-0.4, -0.2) is 54.7 Å². The predicted octanol–water partition coefficient (Wildman–Crippen LogP) is 0.208. The van der Waals surface area contributed by atoms with Crippen molar-refractivity contribution >= 4 is 22.0 Å². The third kappa shape index (κ3) is 3.66. The first kappa shape index (κ1) is 15.9. The lowest BCUT2D eigenvalue weighted by atomic mass is 10.3. The van der Waals surface area contributed by atoms with Crippen molar-refractivity contribution in [2.75, 3.05) is 20.2 Å². The maximum Gasteiger partial charge on any atom is 0.307 e. The Hall–Kier alpha value is -1.15. The van der Waals surface area contributed by atoms with Gasteiger partial charge in [0.25, 0.3) is 0 Å². The Kier molecular flexibility index (Phi) is 4.92. The van der Waals surface area contributed by atoms with E-state index in [9.17, 15) is 18.0 Å². The van der Waals surface area contributed by atoms with Gasteiger partial charge in [-0.2, -0.15) is 0 Å². The molecule has 1 N–H and O–H groups in total. The molecular formula is C11H19NO6S. The lowest BCUT2D eigenvalue weighted by Gasteiger charge is -2.23. The van der Waals surface area contributed by atoms with Crippen LogP contribution in [0.15, 0.2) is 0 Å². The minimum absolute atomic E-state index is 0.0950. The zero-order valence-corrected chi connectivity index (χ0v) is 11.9. The monoisotopic (exact) mass is 293 g/mol. The molecule has 1 rings (SSSR count). The van der Waals surface area contributed by atoms with Gasteiger partial charge in [0, 0.05) is 13.6 Å². The van der Waals surface area contributed by atoms with Crippen molar-refractivity contribution in [2.45, 2.75) is 37.4 Å². The van der Waals surface area contributed by atoms with Crippen LogP contribution in [0.5, 0.6) is 0 Å². The van der Waals surface area contributed by atoms with Crippen LogP contribution in [0.25, 0.3) is 0 Å². The second kappa shape index (κ2) is 5.87. The van der Waals surface area contributed by atoms with E-state index in [-0.39, 0.29) is 26.0 Å². The fraction of sp³-hybridized carbons (Fsp3) is 0.818. The van der Waals surface area contributed by atoms with E-state index in [1.807, 2.05) is 0 Å². The smallest absolute Gasteiger partial charge is 0.307 e. The summed E-state index contributed by atoms with van der Waals surface area (Å²) in [5.74, 6) is -1.59. The zero-order chi connectivity index (χ0) is 14.7. The Morgan fingerprint density at radius 2 is 1.95 bits per heavy atom. The van der Waals surface area contributed by atoms with E-state index in [2.05, 4.69) is 0 Å². The highest BCUT2D eigenvalue weighted by atomic mass is 32.2. The van der Waals surface area contributed by atoms with E-state index in [0.29, 0.717) is 12.8 Å². The average Bonchev–Trinajstić information content (AvgIpc) is 3.07. The first-order valence-electron chi connectivity index (χ1n) is 6.08. The molecule has 1 aliphatic rings. The quantitative estimate of drug-likeness (QED) is 0.642. The van der Waals surface area contributed by atoms with Crippen molar-refractivity contribution < 1.29 is 27.9 Å². The topological polar surface area (TPSA) is 101 Å². The number of carboxylic acid groups (broad SMARTS) is 1. The standard InChI is InChI=1S/C11H19NO6S/c1-3-18-10(15)8-11(5-6-11)19(16,17)12(2)7-4-9(13)14/h3-8H2,1-2H3,(H,13,14). The number of hydrogen-bond acceptors (Lipinski definition) is 5. The van der Waals surface area contributed by atoms with Gasteiger partial charge in [-0.25, -0.2) is 12.7 Å². The molecule has 110 valence electrons. The summed E-state index contributed by atoms with van der Waals surface area (Å²) in [7, 11) is -2.33. The molecule has 0 amide bonds. The predicted molar refractivity (Wildman–Crippen MR) is 67.0 cm³/mol. The largest absolute Gasteiger partial charge is 0.481 e. The summed E-state index contributed by atoms with van der Waals surface area (Å²) < 4.78 is 29.3. The molecule has 0 atom stereocenters. The molecule has 0 saturated heterocycles. The van der Waals surface area contributed by atoms with Crippen LogP contribution >= 0.6 is 0 Å². The van der Waals surface area contributed by atoms with Gasteiger partial charge in [0.15, 0.2) is 0 Å². The normalized spacial score (nSPS) is 17.2. The molecule has 0 aromatic carbocycles. The Morgan fingerprint density at radius 1 is 1.37 bits per heavy atom. The van der Waals surface area contributed by atoms with Gasteiger partial charge in [0.1, 0.15) is 0 Å². The maximum absolute atomic E-state index is 12.3. The van der Waals surface area contributed by atoms with E-state index >= 15 is 0 Å². The SMILES string of the molecule is CCOC(=O)CC1(S(=O)(=O)N(C)CCC(=O)O)CC1. The summed E-state index contributed by atoms with van der Waals surface area (Å²) in [5, 5.41) is 8.57. The van der Waals surface area contributed by atoms with Crippen LogP contribution in [0, 0.1) is 0 Å². The fourth-order valence-corrected chi connectivity index (χ4v) is 3.76. The summed E-state index contributed by atoms with van der Waals surface area (Å²) in [4.78, 5) is 21.9. The summed E-state index contributed by atoms with van der Waals surface area (Å²) in [6, 6.07) is 0.